The normalized spacial score (nSPS) is 13.9. The maximum absolute atomic E-state index is 13.6. The monoisotopic (exact) mass is 784 g/mol. The van der Waals surface area contributed by atoms with E-state index < -0.39 is 43.3 Å². The molecule has 8 rings (SSSR count). The minimum atomic E-state index is -4.26. The molecule has 0 bridgehead atoms. The number of hydrogen-bond acceptors (Lipinski definition) is 10. The van der Waals surface area contributed by atoms with Gasteiger partial charge in [-0.05, 0) is 128 Å². The van der Waals surface area contributed by atoms with Crippen molar-refractivity contribution in [3.05, 3.63) is 161 Å². The van der Waals surface area contributed by atoms with E-state index in [-0.39, 0.29) is 47.5 Å². The summed E-state index contributed by atoms with van der Waals surface area (Å²) in [7, 11) is -6.80. The lowest BCUT2D eigenvalue weighted by atomic mass is 10.1. The Balaban J connectivity index is 0.944. The van der Waals surface area contributed by atoms with Gasteiger partial charge in [0.15, 0.2) is 0 Å². The number of rotatable bonds is 9. The Bertz CT molecular complexity index is 2850. The van der Waals surface area contributed by atoms with E-state index >= 15 is 0 Å². The molecule has 0 atom stereocenters. The molecule has 2 aliphatic rings. The first kappa shape index (κ1) is 36.1. The highest BCUT2D eigenvalue weighted by Gasteiger charge is 2.39. The van der Waals surface area contributed by atoms with Gasteiger partial charge in [-0.1, -0.05) is 17.7 Å². The Morgan fingerprint density at radius 3 is 1.23 bits per heavy atom. The quantitative estimate of drug-likeness (QED) is 0.136. The molecule has 2 aliphatic heterocycles. The van der Waals surface area contributed by atoms with Crippen molar-refractivity contribution in [2.75, 3.05) is 11.9 Å². The van der Waals surface area contributed by atoms with E-state index in [9.17, 15) is 36.0 Å². The maximum Gasteiger partial charge on any atom is 0.266 e. The van der Waals surface area contributed by atoms with Crippen LogP contribution in [0.1, 0.15) is 47.0 Å². The number of fused-ring (bicyclic) bond motifs is 2. The van der Waals surface area contributed by atoms with E-state index in [4.69, 9.17) is 9.47 Å². The van der Waals surface area contributed by atoms with Crippen molar-refractivity contribution in [3.63, 3.8) is 0 Å². The zero-order valence-corrected chi connectivity index (χ0v) is 31.1. The van der Waals surface area contributed by atoms with E-state index in [1.807, 2.05) is 31.2 Å². The minimum Gasteiger partial charge on any atom is -0.457 e. The van der Waals surface area contributed by atoms with Crippen molar-refractivity contribution >= 4 is 49.0 Å². The number of benzene rings is 6. The lowest BCUT2D eigenvalue weighted by molar-refractivity contribution is 0.0692. The molecule has 0 aliphatic carbocycles. The Morgan fingerprint density at radius 1 is 0.411 bits per heavy atom. The molecule has 2 heterocycles. The molecule has 0 radical (unpaired) electrons. The van der Waals surface area contributed by atoms with Gasteiger partial charge < -0.3 is 9.47 Å². The fourth-order valence-electron chi connectivity index (χ4n) is 6.32. The summed E-state index contributed by atoms with van der Waals surface area (Å²) in [6.07, 6.45) is 0. The SMILES string of the molecule is Cc1ccc(Oc2ccc(S(=O)(=O)c3ccc(Oc4ccc(N5C(=O)c6ccc(S(=O)(=O)c7ccc8c(c7)C(=O)N(C)C8=O)cc6C5=O)cc4)cc3)cc2)cc1. The molecule has 0 spiro atoms. The van der Waals surface area contributed by atoms with Gasteiger partial charge in [0.2, 0.25) is 19.7 Å². The second-order valence-electron chi connectivity index (χ2n) is 13.0. The van der Waals surface area contributed by atoms with Crippen LogP contribution >= 0.6 is 0 Å². The second-order valence-corrected chi connectivity index (χ2v) is 16.9. The van der Waals surface area contributed by atoms with Gasteiger partial charge in [0, 0.05) is 7.05 Å². The first-order valence-electron chi connectivity index (χ1n) is 16.9. The molecular weight excluding hydrogens is 757 g/mol. The van der Waals surface area contributed by atoms with E-state index in [1.54, 1.807) is 12.1 Å². The van der Waals surface area contributed by atoms with Crippen molar-refractivity contribution < 1.29 is 45.5 Å². The summed E-state index contributed by atoms with van der Waals surface area (Å²) < 4.78 is 65.5. The van der Waals surface area contributed by atoms with Crippen LogP contribution in [-0.2, 0) is 19.7 Å². The Hall–Kier alpha value is -6.90. The predicted octanol–water partition coefficient (Wildman–Crippen LogP) is 7.27. The Morgan fingerprint density at radius 2 is 0.750 bits per heavy atom. The number of imide groups is 2. The fraction of sp³-hybridized carbons (Fsp3) is 0.0476. The van der Waals surface area contributed by atoms with E-state index in [1.165, 1.54) is 92.0 Å². The highest BCUT2D eigenvalue weighted by atomic mass is 32.2. The molecule has 6 aromatic rings. The summed E-state index contributed by atoms with van der Waals surface area (Å²) >= 11 is 0. The third-order valence-electron chi connectivity index (χ3n) is 9.40. The number of carbonyl (C=O) groups excluding carboxylic acids is 4. The number of aryl methyl sites for hydroxylation is 1. The molecule has 0 saturated carbocycles. The molecule has 14 heteroatoms. The first-order valence-corrected chi connectivity index (χ1v) is 19.9. The van der Waals surface area contributed by atoms with Crippen LogP contribution in [0.3, 0.4) is 0 Å². The van der Waals surface area contributed by atoms with Crippen molar-refractivity contribution in [1.82, 2.24) is 4.90 Å². The number of anilines is 1. The van der Waals surface area contributed by atoms with Gasteiger partial charge in [0.1, 0.15) is 23.0 Å². The molecule has 4 amide bonds. The largest absolute Gasteiger partial charge is 0.457 e. The first-order chi connectivity index (χ1) is 26.7. The minimum absolute atomic E-state index is 0.00666. The highest BCUT2D eigenvalue weighted by Crippen LogP contribution is 2.35. The smallest absolute Gasteiger partial charge is 0.266 e. The van der Waals surface area contributed by atoms with Crippen LogP contribution in [0, 0.1) is 6.92 Å². The van der Waals surface area contributed by atoms with Gasteiger partial charge in [-0.2, -0.15) is 0 Å². The van der Waals surface area contributed by atoms with Gasteiger partial charge in [0.25, 0.3) is 23.6 Å². The number of carbonyl (C=O) groups is 4. The molecule has 0 unspecified atom stereocenters. The standard InChI is InChI=1S/C42H28N2O10S2/c1-25-3-7-27(8-4-25)53-29-11-15-31(16-12-29)55(49,50)32-17-13-30(14-18-32)54-28-9-5-26(6-10-28)44-41(47)36-22-20-34(24-38(36)42(44)48)56(51,52)33-19-21-35-37(23-33)40(46)43(2)39(35)45/h3-24H,1-2H3. The molecule has 0 fully saturated rings. The molecule has 0 aromatic heterocycles. The van der Waals surface area contributed by atoms with Gasteiger partial charge in [-0.15, -0.1) is 0 Å². The third-order valence-corrected chi connectivity index (χ3v) is 12.9. The van der Waals surface area contributed by atoms with Crippen LogP contribution in [0.15, 0.2) is 153 Å². The summed E-state index contributed by atoms with van der Waals surface area (Å²) in [5.41, 5.74) is 1.23. The molecule has 12 nitrogen and oxygen atoms in total. The molecule has 0 N–H and O–H groups in total. The van der Waals surface area contributed by atoms with E-state index in [0.717, 1.165) is 27.5 Å². The molecular formula is C42H28N2O10S2. The Kier molecular flexibility index (Phi) is 8.66. The van der Waals surface area contributed by atoms with Crippen LogP contribution in [-0.4, -0.2) is 52.4 Å². The third kappa shape index (κ3) is 6.20. The Labute approximate surface area is 321 Å². The average molecular weight is 785 g/mol. The average Bonchev–Trinajstić information content (AvgIpc) is 3.58. The summed E-state index contributed by atoms with van der Waals surface area (Å²) in [6, 6.07) is 32.7. The summed E-state index contributed by atoms with van der Waals surface area (Å²) in [5, 5.41) is 0. The van der Waals surface area contributed by atoms with Gasteiger partial charge >= 0.3 is 0 Å². The van der Waals surface area contributed by atoms with Gasteiger partial charge in [0.05, 0.1) is 47.5 Å². The van der Waals surface area contributed by atoms with Crippen molar-refractivity contribution in [1.29, 1.82) is 0 Å². The number of ether oxygens (including phenoxy) is 2. The fourth-order valence-corrected chi connectivity index (χ4v) is 8.89. The molecule has 56 heavy (non-hydrogen) atoms. The van der Waals surface area contributed by atoms with Crippen molar-refractivity contribution in [2.45, 2.75) is 26.5 Å². The maximum atomic E-state index is 13.6. The topological polar surface area (TPSA) is 162 Å². The molecule has 0 saturated heterocycles. The van der Waals surface area contributed by atoms with E-state index in [0.29, 0.717) is 23.0 Å². The van der Waals surface area contributed by atoms with Crippen molar-refractivity contribution in [2.24, 2.45) is 0 Å². The highest BCUT2D eigenvalue weighted by molar-refractivity contribution is 7.91. The number of nitrogens with zero attached hydrogens (tertiary/aromatic N) is 2. The van der Waals surface area contributed by atoms with Crippen LogP contribution in [0.2, 0.25) is 0 Å². The van der Waals surface area contributed by atoms with Crippen molar-refractivity contribution in [3.8, 4) is 23.0 Å². The predicted molar refractivity (Wildman–Crippen MR) is 202 cm³/mol. The zero-order chi connectivity index (χ0) is 39.5. The van der Waals surface area contributed by atoms with Gasteiger partial charge in [-0.25, -0.2) is 21.7 Å². The van der Waals surface area contributed by atoms with Crippen LogP contribution < -0.4 is 14.4 Å². The lowest BCUT2D eigenvalue weighted by Crippen LogP contribution is -2.29. The summed E-state index contributed by atoms with van der Waals surface area (Å²) in [5.74, 6) is -0.773. The zero-order valence-electron chi connectivity index (χ0n) is 29.5. The van der Waals surface area contributed by atoms with E-state index in [2.05, 4.69) is 0 Å². The van der Waals surface area contributed by atoms with Crippen LogP contribution in [0.4, 0.5) is 5.69 Å². The number of hydrogen-bond donors (Lipinski definition) is 0. The molecule has 6 aromatic carbocycles. The van der Waals surface area contributed by atoms with Crippen LogP contribution in [0.25, 0.3) is 0 Å². The van der Waals surface area contributed by atoms with Gasteiger partial charge in [-0.3, -0.25) is 24.1 Å². The molecule has 278 valence electrons. The number of amides is 4. The lowest BCUT2D eigenvalue weighted by Gasteiger charge is -2.14. The van der Waals surface area contributed by atoms with Crippen LogP contribution in [0.5, 0.6) is 23.0 Å². The number of sulfone groups is 2. The summed E-state index contributed by atoms with van der Waals surface area (Å²) in [4.78, 5) is 53.1. The second kappa shape index (κ2) is 13.4. The summed E-state index contributed by atoms with van der Waals surface area (Å²) in [6.45, 7) is 1.97.